The van der Waals surface area contributed by atoms with Gasteiger partial charge in [0.25, 0.3) is 0 Å². The Hall–Kier alpha value is -2.15. The first kappa shape index (κ1) is 19.2. The van der Waals surface area contributed by atoms with Gasteiger partial charge in [-0.05, 0) is 12.1 Å². The maximum Gasteiger partial charge on any atom is 0.193 e. The average Bonchev–Trinajstić information content (AvgIpc) is 3.06. The number of guanidine groups is 1. The number of thiazole rings is 1. The molecule has 0 saturated carbocycles. The van der Waals surface area contributed by atoms with Gasteiger partial charge in [-0.15, -0.1) is 11.3 Å². The summed E-state index contributed by atoms with van der Waals surface area (Å²) in [5.41, 5.74) is 1.01. The highest BCUT2D eigenvalue weighted by Crippen LogP contribution is 2.19. The third-order valence-corrected chi connectivity index (χ3v) is 4.78. The van der Waals surface area contributed by atoms with Crippen molar-refractivity contribution in [1.82, 2.24) is 15.2 Å². The van der Waals surface area contributed by atoms with Crippen LogP contribution < -0.4 is 10.1 Å². The van der Waals surface area contributed by atoms with Crippen LogP contribution in [0, 0.1) is 5.82 Å². The Morgan fingerprint density at radius 2 is 2.16 bits per heavy atom. The van der Waals surface area contributed by atoms with Gasteiger partial charge in [-0.1, -0.05) is 26.0 Å². The van der Waals surface area contributed by atoms with Gasteiger partial charge in [0.1, 0.15) is 6.61 Å². The minimum absolute atomic E-state index is 0.266. The summed E-state index contributed by atoms with van der Waals surface area (Å²) in [6.45, 7) is 5.85. The van der Waals surface area contributed by atoms with Crippen LogP contribution >= 0.6 is 11.3 Å². The van der Waals surface area contributed by atoms with E-state index in [0.717, 1.165) is 16.7 Å². The Morgan fingerprint density at radius 3 is 2.80 bits per heavy atom. The van der Waals surface area contributed by atoms with E-state index in [4.69, 9.17) is 4.74 Å². The Labute approximate surface area is 152 Å². The Kier molecular flexibility index (Phi) is 7.18. The molecule has 0 spiro atoms. The minimum atomic E-state index is -0.350. The summed E-state index contributed by atoms with van der Waals surface area (Å²) in [6, 6.07) is 6.40. The Bertz CT molecular complexity index is 702. The molecule has 0 amide bonds. The summed E-state index contributed by atoms with van der Waals surface area (Å²) in [6.07, 6.45) is 0. The SMILES string of the molecule is CN=C(NCc1csc(C(C)C)n1)N(C)CCOc1ccccc1F. The maximum absolute atomic E-state index is 13.5. The first-order chi connectivity index (χ1) is 12.0. The molecule has 1 aromatic heterocycles. The third kappa shape index (κ3) is 5.70. The quantitative estimate of drug-likeness (QED) is 0.603. The van der Waals surface area contributed by atoms with E-state index in [1.165, 1.54) is 6.07 Å². The van der Waals surface area contributed by atoms with Crippen molar-refractivity contribution in [2.24, 2.45) is 4.99 Å². The van der Waals surface area contributed by atoms with Gasteiger partial charge < -0.3 is 15.0 Å². The molecule has 1 aromatic carbocycles. The number of para-hydroxylation sites is 1. The van der Waals surface area contributed by atoms with E-state index in [1.54, 1.807) is 36.6 Å². The smallest absolute Gasteiger partial charge is 0.193 e. The number of aliphatic imine (C=N–C) groups is 1. The highest BCUT2D eigenvalue weighted by molar-refractivity contribution is 7.09. The number of hydrogen-bond donors (Lipinski definition) is 1. The van der Waals surface area contributed by atoms with Gasteiger partial charge in [0.2, 0.25) is 0 Å². The van der Waals surface area contributed by atoms with Crippen LogP contribution in [0.3, 0.4) is 0 Å². The molecule has 2 rings (SSSR count). The van der Waals surface area contributed by atoms with Crippen molar-refractivity contribution in [3.05, 3.63) is 46.2 Å². The molecule has 0 fully saturated rings. The van der Waals surface area contributed by atoms with Crippen molar-refractivity contribution >= 4 is 17.3 Å². The number of benzene rings is 1. The second-order valence-electron chi connectivity index (χ2n) is 5.93. The molecule has 2 aromatic rings. The molecule has 1 heterocycles. The topological polar surface area (TPSA) is 49.8 Å². The molecule has 0 radical (unpaired) electrons. The molecule has 0 atom stereocenters. The first-order valence-electron chi connectivity index (χ1n) is 8.24. The van der Waals surface area contributed by atoms with Crippen molar-refractivity contribution in [1.29, 1.82) is 0 Å². The lowest BCUT2D eigenvalue weighted by Gasteiger charge is -2.22. The number of ether oxygens (including phenoxy) is 1. The van der Waals surface area contributed by atoms with E-state index in [2.05, 4.69) is 34.5 Å². The number of nitrogens with zero attached hydrogens (tertiary/aromatic N) is 3. The monoisotopic (exact) mass is 364 g/mol. The fraction of sp³-hybridized carbons (Fsp3) is 0.444. The number of likely N-dealkylation sites (N-methyl/N-ethyl adjacent to an activating group) is 1. The van der Waals surface area contributed by atoms with E-state index in [1.807, 2.05) is 11.9 Å². The average molecular weight is 364 g/mol. The normalized spacial score (nSPS) is 11.7. The maximum atomic E-state index is 13.5. The van der Waals surface area contributed by atoms with Crippen molar-refractivity contribution in [2.45, 2.75) is 26.3 Å². The predicted octanol–water partition coefficient (Wildman–Crippen LogP) is 3.49. The van der Waals surface area contributed by atoms with Gasteiger partial charge in [0.15, 0.2) is 17.5 Å². The summed E-state index contributed by atoms with van der Waals surface area (Å²) < 4.78 is 19.0. The van der Waals surface area contributed by atoms with Gasteiger partial charge in [0, 0.05) is 25.4 Å². The number of hydrogen-bond acceptors (Lipinski definition) is 4. The van der Waals surface area contributed by atoms with Crippen molar-refractivity contribution in [3.8, 4) is 5.75 Å². The Balaban J connectivity index is 1.80. The molecule has 0 aliphatic rings. The molecule has 1 N–H and O–H groups in total. The first-order valence-corrected chi connectivity index (χ1v) is 9.12. The van der Waals surface area contributed by atoms with E-state index in [-0.39, 0.29) is 11.6 Å². The standard InChI is InChI=1S/C18H25FN4OS/c1-13(2)17-22-14(12-25-17)11-21-18(20-3)23(4)9-10-24-16-8-6-5-7-15(16)19/h5-8,12-13H,9-11H2,1-4H3,(H,20,21). The molecule has 0 saturated heterocycles. The lowest BCUT2D eigenvalue weighted by Crippen LogP contribution is -2.40. The summed E-state index contributed by atoms with van der Waals surface area (Å²) in [4.78, 5) is 10.8. The molecule has 0 aliphatic carbocycles. The molecule has 136 valence electrons. The fourth-order valence-electron chi connectivity index (χ4n) is 2.18. The molecule has 25 heavy (non-hydrogen) atoms. The van der Waals surface area contributed by atoms with Crippen LogP contribution in [0.4, 0.5) is 4.39 Å². The second kappa shape index (κ2) is 9.36. The van der Waals surface area contributed by atoms with Crippen LogP contribution in [0.5, 0.6) is 5.75 Å². The van der Waals surface area contributed by atoms with Crippen LogP contribution in [-0.4, -0.2) is 43.1 Å². The zero-order valence-corrected chi connectivity index (χ0v) is 15.9. The highest BCUT2D eigenvalue weighted by atomic mass is 32.1. The summed E-state index contributed by atoms with van der Waals surface area (Å²) >= 11 is 1.68. The molecule has 0 aliphatic heterocycles. The summed E-state index contributed by atoms with van der Waals surface area (Å²) in [5, 5.41) is 6.49. The van der Waals surface area contributed by atoms with Gasteiger partial charge >= 0.3 is 0 Å². The highest BCUT2D eigenvalue weighted by Gasteiger charge is 2.09. The molecule has 5 nitrogen and oxygen atoms in total. The van der Waals surface area contributed by atoms with Gasteiger partial charge in [-0.25, -0.2) is 9.37 Å². The van der Waals surface area contributed by atoms with E-state index < -0.39 is 0 Å². The molecule has 0 bridgehead atoms. The zero-order chi connectivity index (χ0) is 18.2. The summed E-state index contributed by atoms with van der Waals surface area (Å²) in [7, 11) is 3.65. The third-order valence-electron chi connectivity index (χ3n) is 3.59. The van der Waals surface area contributed by atoms with Gasteiger partial charge in [-0.2, -0.15) is 0 Å². The molecule has 0 unspecified atom stereocenters. The predicted molar refractivity (Wildman–Crippen MR) is 101 cm³/mol. The van der Waals surface area contributed by atoms with Crippen LogP contribution in [0.25, 0.3) is 0 Å². The summed E-state index contributed by atoms with van der Waals surface area (Å²) in [5.74, 6) is 1.10. The Morgan fingerprint density at radius 1 is 1.40 bits per heavy atom. The second-order valence-corrected chi connectivity index (χ2v) is 6.82. The molecule has 7 heteroatoms. The van der Waals surface area contributed by atoms with Crippen molar-refractivity contribution in [2.75, 3.05) is 27.2 Å². The number of rotatable bonds is 7. The van der Waals surface area contributed by atoms with Crippen molar-refractivity contribution < 1.29 is 9.13 Å². The number of halogens is 1. The fourth-order valence-corrected chi connectivity index (χ4v) is 3.02. The lowest BCUT2D eigenvalue weighted by atomic mass is 10.2. The van der Waals surface area contributed by atoms with Crippen LogP contribution in [0.15, 0.2) is 34.6 Å². The number of aromatic nitrogens is 1. The van der Waals surface area contributed by atoms with Crippen LogP contribution in [0.2, 0.25) is 0 Å². The minimum Gasteiger partial charge on any atom is -0.489 e. The lowest BCUT2D eigenvalue weighted by molar-refractivity contribution is 0.270. The molecular weight excluding hydrogens is 339 g/mol. The van der Waals surface area contributed by atoms with Crippen LogP contribution in [0.1, 0.15) is 30.5 Å². The van der Waals surface area contributed by atoms with Gasteiger partial charge in [0.05, 0.1) is 23.8 Å². The van der Waals surface area contributed by atoms with Crippen LogP contribution in [-0.2, 0) is 6.54 Å². The van der Waals surface area contributed by atoms with E-state index in [0.29, 0.717) is 25.6 Å². The zero-order valence-electron chi connectivity index (χ0n) is 15.1. The molecular formula is C18H25FN4OS. The van der Waals surface area contributed by atoms with E-state index >= 15 is 0 Å². The van der Waals surface area contributed by atoms with Gasteiger partial charge in [-0.3, -0.25) is 4.99 Å². The van der Waals surface area contributed by atoms with Crippen molar-refractivity contribution in [3.63, 3.8) is 0 Å². The van der Waals surface area contributed by atoms with E-state index in [9.17, 15) is 4.39 Å². The number of nitrogens with one attached hydrogen (secondary N) is 1. The largest absolute Gasteiger partial charge is 0.489 e.